The second kappa shape index (κ2) is 12.0. The minimum Gasteiger partial charge on any atom is -0.339 e. The van der Waals surface area contributed by atoms with Crippen molar-refractivity contribution in [1.82, 2.24) is 14.1 Å². The van der Waals surface area contributed by atoms with Gasteiger partial charge in [0.1, 0.15) is 0 Å². The Morgan fingerprint density at radius 3 is 2.26 bits per heavy atom. The number of carbonyl (C=O) groups is 1. The molecule has 188 valence electrons. The number of nitrogens with zero attached hydrogens (tertiary/aromatic N) is 3. The molecule has 6 nitrogen and oxygen atoms in total. The molecule has 4 rings (SSSR count). The van der Waals surface area contributed by atoms with Gasteiger partial charge in [-0.3, -0.25) is 9.69 Å². The topological polar surface area (TPSA) is 60.9 Å². The van der Waals surface area contributed by atoms with Gasteiger partial charge >= 0.3 is 0 Å². The molecule has 0 bridgehead atoms. The Hall–Kier alpha value is -2.48. The number of sulfonamides is 1. The van der Waals surface area contributed by atoms with Gasteiger partial charge in [-0.05, 0) is 37.5 Å². The Bertz CT molecular complexity index is 1090. The van der Waals surface area contributed by atoms with E-state index in [4.69, 9.17) is 0 Å². The van der Waals surface area contributed by atoms with Crippen molar-refractivity contribution in [2.45, 2.75) is 50.0 Å². The van der Waals surface area contributed by atoms with Gasteiger partial charge < -0.3 is 4.90 Å². The van der Waals surface area contributed by atoms with Gasteiger partial charge in [0, 0.05) is 38.8 Å². The van der Waals surface area contributed by atoms with Crippen LogP contribution in [0.25, 0.3) is 6.08 Å². The summed E-state index contributed by atoms with van der Waals surface area (Å²) in [5.74, 6) is -0.0919. The summed E-state index contributed by atoms with van der Waals surface area (Å²) in [6.45, 7) is 5.54. The monoisotopic (exact) mass is 495 g/mol. The molecule has 1 saturated carbocycles. The van der Waals surface area contributed by atoms with Gasteiger partial charge in [0.05, 0.1) is 11.4 Å². The fraction of sp³-hybridized carbons (Fsp3) is 0.464. The lowest BCUT2D eigenvalue weighted by Gasteiger charge is -2.37. The van der Waals surface area contributed by atoms with Gasteiger partial charge in [-0.15, -0.1) is 0 Å². The third-order valence-electron chi connectivity index (χ3n) is 7.10. The maximum Gasteiger partial charge on any atom is 0.243 e. The van der Waals surface area contributed by atoms with Crippen molar-refractivity contribution >= 4 is 22.0 Å². The summed E-state index contributed by atoms with van der Waals surface area (Å²) in [5, 5.41) is 0. The van der Waals surface area contributed by atoms with Crippen LogP contribution in [0.1, 0.15) is 43.2 Å². The van der Waals surface area contributed by atoms with Crippen LogP contribution in [0, 0.1) is 6.92 Å². The summed E-state index contributed by atoms with van der Waals surface area (Å²) in [4.78, 5) is 17.7. The number of carbonyl (C=O) groups excluding carboxylic acids is 1. The smallest absolute Gasteiger partial charge is 0.243 e. The molecule has 2 aromatic carbocycles. The average molecular weight is 496 g/mol. The van der Waals surface area contributed by atoms with Crippen molar-refractivity contribution < 1.29 is 13.2 Å². The molecule has 35 heavy (non-hydrogen) atoms. The molecule has 2 fully saturated rings. The maximum atomic E-state index is 13.6. The normalized spacial score (nSPS) is 18.4. The van der Waals surface area contributed by atoms with Crippen LogP contribution < -0.4 is 0 Å². The summed E-state index contributed by atoms with van der Waals surface area (Å²) in [5.41, 5.74) is 2.19. The summed E-state index contributed by atoms with van der Waals surface area (Å²) >= 11 is 0. The zero-order valence-corrected chi connectivity index (χ0v) is 21.5. The molecule has 0 unspecified atom stereocenters. The second-order valence-electron chi connectivity index (χ2n) is 9.65. The lowest BCUT2D eigenvalue weighted by Crippen LogP contribution is -2.53. The van der Waals surface area contributed by atoms with Gasteiger partial charge in [-0.25, -0.2) is 8.42 Å². The molecular formula is C28H37N3O3S. The Kier molecular flexibility index (Phi) is 8.76. The minimum atomic E-state index is -3.73. The number of amides is 1. The number of aryl methyl sites for hydroxylation is 1. The van der Waals surface area contributed by atoms with E-state index in [1.54, 1.807) is 12.1 Å². The summed E-state index contributed by atoms with van der Waals surface area (Å²) < 4.78 is 28.7. The Morgan fingerprint density at radius 2 is 1.60 bits per heavy atom. The van der Waals surface area contributed by atoms with Crippen LogP contribution >= 0.6 is 0 Å². The molecule has 1 heterocycles. The van der Waals surface area contributed by atoms with E-state index in [1.807, 2.05) is 42.2 Å². The van der Waals surface area contributed by atoms with Crippen LogP contribution in [0.2, 0.25) is 0 Å². The second-order valence-corrected chi connectivity index (χ2v) is 11.5. The van der Waals surface area contributed by atoms with E-state index in [9.17, 15) is 13.2 Å². The molecule has 1 amide bonds. The van der Waals surface area contributed by atoms with Crippen LogP contribution in [0.3, 0.4) is 0 Å². The van der Waals surface area contributed by atoms with Crippen molar-refractivity contribution in [3.05, 3.63) is 71.8 Å². The SMILES string of the molecule is Cc1ccc(S(=O)(=O)N(CC(=O)N2CCN(C/C=C/c3ccccc3)CC2)C2CCCCC2)cc1. The molecule has 0 aromatic heterocycles. The van der Waals surface area contributed by atoms with Crippen LogP contribution in [-0.4, -0.2) is 73.7 Å². The van der Waals surface area contributed by atoms with E-state index in [1.165, 1.54) is 9.87 Å². The largest absolute Gasteiger partial charge is 0.339 e. The fourth-order valence-electron chi connectivity index (χ4n) is 4.94. The maximum absolute atomic E-state index is 13.6. The van der Waals surface area contributed by atoms with E-state index in [0.29, 0.717) is 13.1 Å². The fourth-order valence-corrected chi connectivity index (χ4v) is 6.57. The number of hydrogen-bond acceptors (Lipinski definition) is 4. The molecule has 1 saturated heterocycles. The first-order valence-corrected chi connectivity index (χ1v) is 14.2. The van der Waals surface area contributed by atoms with Crippen LogP contribution in [-0.2, 0) is 14.8 Å². The summed E-state index contributed by atoms with van der Waals surface area (Å²) in [6.07, 6.45) is 9.06. The van der Waals surface area contributed by atoms with E-state index < -0.39 is 10.0 Å². The molecule has 1 aliphatic carbocycles. The van der Waals surface area contributed by atoms with Gasteiger partial charge in [0.15, 0.2) is 0 Å². The highest BCUT2D eigenvalue weighted by Crippen LogP contribution is 2.28. The number of hydrogen-bond donors (Lipinski definition) is 0. The lowest BCUT2D eigenvalue weighted by atomic mass is 9.95. The lowest BCUT2D eigenvalue weighted by molar-refractivity contribution is -0.133. The van der Waals surface area contributed by atoms with Gasteiger partial charge in [-0.2, -0.15) is 4.31 Å². The van der Waals surface area contributed by atoms with Crippen molar-refractivity contribution in [2.24, 2.45) is 0 Å². The zero-order chi connectivity index (χ0) is 24.7. The van der Waals surface area contributed by atoms with E-state index in [-0.39, 0.29) is 23.4 Å². The third-order valence-corrected chi connectivity index (χ3v) is 9.01. The van der Waals surface area contributed by atoms with Crippen molar-refractivity contribution in [1.29, 1.82) is 0 Å². The van der Waals surface area contributed by atoms with E-state index in [2.05, 4.69) is 29.2 Å². The predicted molar refractivity (Wildman–Crippen MR) is 140 cm³/mol. The predicted octanol–water partition coefficient (Wildman–Crippen LogP) is 4.18. The molecule has 7 heteroatoms. The summed E-state index contributed by atoms with van der Waals surface area (Å²) in [7, 11) is -3.73. The molecule has 0 N–H and O–H groups in total. The van der Waals surface area contributed by atoms with Gasteiger partial charge in [0.2, 0.25) is 15.9 Å². The minimum absolute atomic E-state index is 0.0746. The highest BCUT2D eigenvalue weighted by molar-refractivity contribution is 7.89. The van der Waals surface area contributed by atoms with Crippen LogP contribution in [0.15, 0.2) is 65.6 Å². The first kappa shape index (κ1) is 25.6. The first-order valence-electron chi connectivity index (χ1n) is 12.7. The van der Waals surface area contributed by atoms with E-state index in [0.717, 1.165) is 57.3 Å². The average Bonchev–Trinajstić information content (AvgIpc) is 2.89. The third kappa shape index (κ3) is 6.81. The van der Waals surface area contributed by atoms with Crippen LogP contribution in [0.5, 0.6) is 0 Å². The molecule has 0 atom stereocenters. The molecule has 0 spiro atoms. The molecule has 1 aliphatic heterocycles. The first-order chi connectivity index (χ1) is 16.9. The van der Waals surface area contributed by atoms with Gasteiger partial charge in [-0.1, -0.05) is 79.4 Å². The van der Waals surface area contributed by atoms with Gasteiger partial charge in [0.25, 0.3) is 0 Å². The Labute approximate surface area is 210 Å². The van der Waals surface area contributed by atoms with Crippen molar-refractivity contribution in [2.75, 3.05) is 39.3 Å². The summed E-state index contributed by atoms with van der Waals surface area (Å²) in [6, 6.07) is 17.1. The Balaban J connectivity index is 1.37. The highest BCUT2D eigenvalue weighted by atomic mass is 32.2. The van der Waals surface area contributed by atoms with Crippen LogP contribution in [0.4, 0.5) is 0 Å². The van der Waals surface area contributed by atoms with Crippen molar-refractivity contribution in [3.8, 4) is 0 Å². The molecule has 2 aliphatic rings. The molecular weight excluding hydrogens is 458 g/mol. The standard InChI is InChI=1S/C28H37N3O3S/c1-24-14-16-27(17-15-24)35(33,34)31(26-12-6-3-7-13-26)23-28(32)30-21-19-29(20-22-30)18-8-11-25-9-4-2-5-10-25/h2,4-5,8-11,14-17,26H,3,6-7,12-13,18-23H2,1H3/b11-8+. The Morgan fingerprint density at radius 1 is 0.943 bits per heavy atom. The number of benzene rings is 2. The van der Waals surface area contributed by atoms with E-state index >= 15 is 0 Å². The molecule has 0 radical (unpaired) electrons. The number of piperazine rings is 1. The zero-order valence-electron chi connectivity index (χ0n) is 20.7. The molecule has 2 aromatic rings. The quantitative estimate of drug-likeness (QED) is 0.551. The highest BCUT2D eigenvalue weighted by Gasteiger charge is 2.35. The number of rotatable bonds is 8. The van der Waals surface area contributed by atoms with Crippen molar-refractivity contribution in [3.63, 3.8) is 0 Å².